The summed E-state index contributed by atoms with van der Waals surface area (Å²) in [5, 5.41) is 0. The number of ether oxygens (including phenoxy) is 2. The fourth-order valence-electron chi connectivity index (χ4n) is 6.46. The van der Waals surface area contributed by atoms with Crippen LogP contribution in [0.3, 0.4) is 0 Å². The van der Waals surface area contributed by atoms with Crippen molar-refractivity contribution in [2.75, 3.05) is 21.3 Å². The number of benzene rings is 2. The highest BCUT2D eigenvalue weighted by molar-refractivity contribution is 5.65. The van der Waals surface area contributed by atoms with Crippen LogP contribution in [0, 0.1) is 23.7 Å². The maximum Gasteiger partial charge on any atom is 0.302 e. The van der Waals surface area contributed by atoms with E-state index < -0.39 is 0 Å². The zero-order valence-corrected chi connectivity index (χ0v) is 24.8. The van der Waals surface area contributed by atoms with Crippen LogP contribution in [-0.4, -0.2) is 27.3 Å². The van der Waals surface area contributed by atoms with Gasteiger partial charge in [-0.05, 0) is 66.9 Å². The molecule has 204 valence electrons. The van der Waals surface area contributed by atoms with Gasteiger partial charge in [0.1, 0.15) is 0 Å². The number of carbonyl (C=O) groups excluding carboxylic acids is 1. The number of hydrogen-bond acceptors (Lipinski definition) is 3. The molecule has 3 nitrogen and oxygen atoms in total. The third kappa shape index (κ3) is 8.47. The van der Waals surface area contributed by atoms with Crippen molar-refractivity contribution >= 4 is 5.97 Å². The zero-order chi connectivity index (χ0) is 27.6. The van der Waals surface area contributed by atoms with Crippen molar-refractivity contribution in [3.63, 3.8) is 0 Å². The zero-order valence-electron chi connectivity index (χ0n) is 24.8. The number of rotatable bonds is 2. The summed E-state index contributed by atoms with van der Waals surface area (Å²) < 4.78 is 8.36. The van der Waals surface area contributed by atoms with Gasteiger partial charge in [-0.15, -0.1) is 0 Å². The Morgan fingerprint density at radius 2 is 0.917 bits per heavy atom. The Bertz CT molecular complexity index is 716. The SMILES string of the molecule is CC.CC.CC.COC.COC(C)=O.c1ccc(C2(c3ccccc3)C3CC4CC(C3)CC2C4)cc1. The molecule has 0 saturated heterocycles. The van der Waals surface area contributed by atoms with E-state index in [1.807, 2.05) is 41.5 Å². The Balaban J connectivity index is 0.000000747. The van der Waals surface area contributed by atoms with E-state index in [4.69, 9.17) is 0 Å². The lowest BCUT2D eigenvalue weighted by Crippen LogP contribution is -2.56. The third-order valence-corrected chi connectivity index (χ3v) is 7.22. The van der Waals surface area contributed by atoms with Crippen molar-refractivity contribution in [2.24, 2.45) is 23.7 Å². The van der Waals surface area contributed by atoms with Crippen molar-refractivity contribution in [3.8, 4) is 0 Å². The summed E-state index contributed by atoms with van der Waals surface area (Å²) in [5.41, 5.74) is 3.45. The number of hydrogen-bond donors (Lipinski definition) is 0. The van der Waals surface area contributed by atoms with Crippen molar-refractivity contribution in [2.45, 2.75) is 86.0 Å². The smallest absolute Gasteiger partial charge is 0.302 e. The van der Waals surface area contributed by atoms with Crippen LogP contribution in [0.15, 0.2) is 60.7 Å². The molecule has 4 aliphatic rings. The van der Waals surface area contributed by atoms with E-state index in [2.05, 4.69) is 70.1 Å². The summed E-state index contributed by atoms with van der Waals surface area (Å²) in [6.07, 6.45) is 7.34. The summed E-state index contributed by atoms with van der Waals surface area (Å²) >= 11 is 0. The predicted octanol–water partition coefficient (Wildman–Crippen LogP) is 8.95. The monoisotopic (exact) mass is 498 g/mol. The molecule has 0 atom stereocenters. The first-order chi connectivity index (χ1) is 17.6. The first-order valence-corrected chi connectivity index (χ1v) is 14.1. The van der Waals surface area contributed by atoms with Gasteiger partial charge < -0.3 is 9.47 Å². The molecule has 0 unspecified atom stereocenters. The van der Waals surface area contributed by atoms with Crippen LogP contribution in [-0.2, 0) is 19.7 Å². The van der Waals surface area contributed by atoms with Crippen LogP contribution < -0.4 is 0 Å². The molecular formula is C33H54O3. The average Bonchev–Trinajstić information content (AvgIpc) is 2.94. The Labute approximate surface area is 223 Å². The van der Waals surface area contributed by atoms with Crippen molar-refractivity contribution in [1.29, 1.82) is 0 Å². The van der Waals surface area contributed by atoms with E-state index in [1.54, 1.807) is 25.3 Å². The highest BCUT2D eigenvalue weighted by atomic mass is 16.5. The lowest BCUT2D eigenvalue weighted by molar-refractivity contribution is -0.137. The molecule has 4 fully saturated rings. The highest BCUT2D eigenvalue weighted by Gasteiger charge is 2.58. The fraction of sp³-hybridized carbons (Fsp3) is 0.606. The van der Waals surface area contributed by atoms with Crippen molar-refractivity contribution in [3.05, 3.63) is 71.8 Å². The number of methoxy groups -OCH3 is 2. The van der Waals surface area contributed by atoms with Gasteiger partial charge in [0, 0.05) is 26.6 Å². The molecule has 36 heavy (non-hydrogen) atoms. The van der Waals surface area contributed by atoms with E-state index >= 15 is 0 Å². The molecule has 2 aromatic carbocycles. The Kier molecular flexibility index (Phi) is 17.9. The third-order valence-electron chi connectivity index (χ3n) is 7.22. The molecule has 0 heterocycles. The van der Waals surface area contributed by atoms with Crippen LogP contribution >= 0.6 is 0 Å². The molecule has 4 saturated carbocycles. The topological polar surface area (TPSA) is 35.5 Å². The second-order valence-corrected chi connectivity index (χ2v) is 9.01. The maximum atomic E-state index is 9.59. The second-order valence-electron chi connectivity index (χ2n) is 9.01. The Morgan fingerprint density at radius 1 is 0.639 bits per heavy atom. The molecule has 0 spiro atoms. The van der Waals surface area contributed by atoms with E-state index in [1.165, 1.54) is 46.1 Å². The van der Waals surface area contributed by atoms with Crippen LogP contribution in [0.5, 0.6) is 0 Å². The molecule has 0 aliphatic heterocycles. The van der Waals surface area contributed by atoms with Crippen LogP contribution in [0.1, 0.15) is 91.7 Å². The van der Waals surface area contributed by atoms with Crippen LogP contribution in [0.25, 0.3) is 0 Å². The van der Waals surface area contributed by atoms with E-state index in [0.29, 0.717) is 0 Å². The minimum Gasteiger partial charge on any atom is -0.469 e. The molecule has 0 radical (unpaired) electrons. The van der Waals surface area contributed by atoms with Crippen LogP contribution in [0.4, 0.5) is 0 Å². The van der Waals surface area contributed by atoms with Crippen molar-refractivity contribution < 1.29 is 14.3 Å². The average molecular weight is 499 g/mol. The predicted molar refractivity (Wildman–Crippen MR) is 155 cm³/mol. The number of carbonyl (C=O) groups is 1. The number of esters is 1. The van der Waals surface area contributed by atoms with Crippen LogP contribution in [0.2, 0.25) is 0 Å². The normalized spacial score (nSPS) is 23.2. The lowest BCUT2D eigenvalue weighted by Gasteiger charge is -2.62. The van der Waals surface area contributed by atoms with Gasteiger partial charge in [0.05, 0.1) is 7.11 Å². The van der Waals surface area contributed by atoms with Gasteiger partial charge in [-0.1, -0.05) is 102 Å². The largest absolute Gasteiger partial charge is 0.469 e. The van der Waals surface area contributed by atoms with Gasteiger partial charge in [0.2, 0.25) is 0 Å². The summed E-state index contributed by atoms with van der Waals surface area (Å²) in [5.74, 6) is 3.50. The molecule has 0 N–H and O–H groups in total. The molecular weight excluding hydrogens is 444 g/mol. The minimum absolute atomic E-state index is 0.245. The van der Waals surface area contributed by atoms with Gasteiger partial charge in [0.15, 0.2) is 0 Å². The summed E-state index contributed by atoms with van der Waals surface area (Å²) in [7, 11) is 4.60. The maximum absolute atomic E-state index is 9.59. The second kappa shape index (κ2) is 19.0. The lowest BCUT2D eigenvalue weighted by atomic mass is 9.42. The van der Waals surface area contributed by atoms with Gasteiger partial charge in [-0.25, -0.2) is 0 Å². The molecule has 0 aromatic heterocycles. The summed E-state index contributed by atoms with van der Waals surface area (Å²) in [6.45, 7) is 13.4. The fourth-order valence-corrected chi connectivity index (χ4v) is 6.46. The molecule has 3 heteroatoms. The van der Waals surface area contributed by atoms with Gasteiger partial charge in [0.25, 0.3) is 0 Å². The molecule has 4 aliphatic carbocycles. The first kappa shape index (κ1) is 33.9. The molecule has 0 amide bonds. The summed E-state index contributed by atoms with van der Waals surface area (Å²) in [4.78, 5) is 9.59. The molecule has 6 rings (SSSR count). The first-order valence-electron chi connectivity index (χ1n) is 14.1. The summed E-state index contributed by atoms with van der Waals surface area (Å²) in [6, 6.07) is 22.9. The standard InChI is InChI=1S/C22H24.C3H6O2.C2H6O.3C2H6/c1-3-7-18(8-4-1)22(19-9-5-2-6-10-19)20-12-16-11-17(14-20)15-21(22)13-16;1-3(4)5-2;1-3-2;3*1-2/h1-10,16-17,20-21H,11-15H2;1-2H3;1-2H3;3*1-2H3. The Hall–Kier alpha value is -2.13. The van der Waals surface area contributed by atoms with E-state index in [-0.39, 0.29) is 11.4 Å². The van der Waals surface area contributed by atoms with Gasteiger partial charge in [-0.3, -0.25) is 4.79 Å². The van der Waals surface area contributed by atoms with Gasteiger partial charge in [-0.2, -0.15) is 0 Å². The molecule has 2 aromatic rings. The van der Waals surface area contributed by atoms with E-state index in [0.717, 1.165) is 23.7 Å². The van der Waals surface area contributed by atoms with Gasteiger partial charge >= 0.3 is 5.97 Å². The Morgan fingerprint density at radius 3 is 1.17 bits per heavy atom. The molecule has 4 bridgehead atoms. The minimum atomic E-state index is -0.245. The van der Waals surface area contributed by atoms with Crippen molar-refractivity contribution in [1.82, 2.24) is 0 Å². The highest BCUT2D eigenvalue weighted by Crippen LogP contribution is 2.65. The quantitative estimate of drug-likeness (QED) is 0.388. The van der Waals surface area contributed by atoms with E-state index in [9.17, 15) is 4.79 Å².